The maximum absolute atomic E-state index is 13.0. The molecule has 0 amide bonds. The van der Waals surface area contributed by atoms with E-state index < -0.39 is 6.10 Å². The third-order valence-electron chi connectivity index (χ3n) is 6.21. The highest BCUT2D eigenvalue weighted by molar-refractivity contribution is 5.15. The fourth-order valence-electron chi connectivity index (χ4n) is 4.24. The fourth-order valence-corrected chi connectivity index (χ4v) is 4.24. The number of hydrogen-bond acceptors (Lipinski definition) is 4. The van der Waals surface area contributed by atoms with Gasteiger partial charge < -0.3 is 9.84 Å². The summed E-state index contributed by atoms with van der Waals surface area (Å²) in [6, 6.07) is 6.77. The number of β-amino-alcohol motifs (C(OH)–C–C–N with tert-alkyl or cyclic N) is 1. The molecule has 5 heteroatoms. The van der Waals surface area contributed by atoms with E-state index in [9.17, 15) is 9.50 Å². The second kappa shape index (κ2) is 16.6. The van der Waals surface area contributed by atoms with Crippen molar-refractivity contribution in [3.05, 3.63) is 35.6 Å². The monoisotopic (exact) mass is 436 g/mol. The minimum Gasteiger partial charge on any atom is -0.389 e. The summed E-state index contributed by atoms with van der Waals surface area (Å²) in [5.41, 5.74) is 1.15. The number of hydrogen-bond donors (Lipinski definition) is 1. The van der Waals surface area contributed by atoms with Crippen LogP contribution < -0.4 is 0 Å². The molecule has 1 aliphatic rings. The number of nitrogens with zero attached hydrogens (tertiary/aromatic N) is 2. The van der Waals surface area contributed by atoms with Gasteiger partial charge in [-0.1, -0.05) is 76.8 Å². The van der Waals surface area contributed by atoms with Gasteiger partial charge in [-0.25, -0.2) is 4.39 Å². The van der Waals surface area contributed by atoms with E-state index in [0.29, 0.717) is 13.2 Å². The molecule has 2 rings (SSSR count). The zero-order valence-electron chi connectivity index (χ0n) is 19.7. The second-order valence-electron chi connectivity index (χ2n) is 9.11. The predicted octanol–water partition coefficient (Wildman–Crippen LogP) is 5.24. The first kappa shape index (κ1) is 26.2. The number of unbranched alkanes of at least 4 members (excludes halogenated alkanes) is 9. The Morgan fingerprint density at radius 2 is 1.39 bits per heavy atom. The molecule has 4 nitrogen and oxygen atoms in total. The lowest BCUT2D eigenvalue weighted by atomic mass is 10.1. The number of aliphatic hydroxyl groups excluding tert-OH is 1. The van der Waals surface area contributed by atoms with Crippen molar-refractivity contribution in [1.29, 1.82) is 0 Å². The van der Waals surface area contributed by atoms with Gasteiger partial charge in [0.05, 0.1) is 12.7 Å². The van der Waals surface area contributed by atoms with Gasteiger partial charge in [0.1, 0.15) is 5.82 Å². The summed E-state index contributed by atoms with van der Waals surface area (Å²) < 4.78 is 18.7. The Hall–Kier alpha value is -1.01. The molecule has 1 atom stereocenters. The molecule has 1 N–H and O–H groups in total. The van der Waals surface area contributed by atoms with Crippen molar-refractivity contribution in [3.63, 3.8) is 0 Å². The lowest BCUT2D eigenvalue weighted by Gasteiger charge is -2.35. The van der Waals surface area contributed by atoms with Crippen molar-refractivity contribution < 1.29 is 14.2 Å². The van der Waals surface area contributed by atoms with E-state index in [0.717, 1.165) is 51.3 Å². The Bertz CT molecular complexity index is 547. The maximum Gasteiger partial charge on any atom is 0.123 e. The van der Waals surface area contributed by atoms with Crippen molar-refractivity contribution in [1.82, 2.24) is 9.80 Å². The van der Waals surface area contributed by atoms with E-state index in [2.05, 4.69) is 16.7 Å². The van der Waals surface area contributed by atoms with Gasteiger partial charge in [0.15, 0.2) is 0 Å². The first-order valence-electron chi connectivity index (χ1n) is 12.6. The summed E-state index contributed by atoms with van der Waals surface area (Å²) >= 11 is 0. The minimum atomic E-state index is -0.410. The van der Waals surface area contributed by atoms with Crippen LogP contribution in [0.15, 0.2) is 24.3 Å². The van der Waals surface area contributed by atoms with Crippen molar-refractivity contribution in [2.24, 2.45) is 0 Å². The van der Waals surface area contributed by atoms with Crippen LogP contribution in [0.1, 0.15) is 76.7 Å². The molecule has 0 aromatic heterocycles. The highest BCUT2D eigenvalue weighted by Crippen LogP contribution is 2.12. The number of aliphatic hydroxyl groups is 1. The molecule has 0 bridgehead atoms. The van der Waals surface area contributed by atoms with Gasteiger partial charge >= 0.3 is 0 Å². The van der Waals surface area contributed by atoms with Crippen LogP contribution in [-0.4, -0.2) is 66.9 Å². The largest absolute Gasteiger partial charge is 0.389 e. The van der Waals surface area contributed by atoms with Gasteiger partial charge in [0.25, 0.3) is 0 Å². The van der Waals surface area contributed by atoms with Crippen LogP contribution in [-0.2, 0) is 11.3 Å². The van der Waals surface area contributed by atoms with Gasteiger partial charge in [-0.3, -0.25) is 9.80 Å². The number of benzene rings is 1. The predicted molar refractivity (Wildman–Crippen MR) is 127 cm³/mol. The van der Waals surface area contributed by atoms with Gasteiger partial charge in [-0.2, -0.15) is 0 Å². The molecule has 0 saturated carbocycles. The van der Waals surface area contributed by atoms with Crippen LogP contribution in [0.4, 0.5) is 4.39 Å². The molecule has 1 unspecified atom stereocenters. The lowest BCUT2D eigenvalue weighted by molar-refractivity contribution is 0.00559. The Morgan fingerprint density at radius 1 is 0.839 bits per heavy atom. The SMILES string of the molecule is CCCCCCCCCCCCOCC(O)CN1CCN(Cc2ccc(F)cc2)CC1. The number of piperazine rings is 1. The molecule has 0 radical (unpaired) electrons. The quantitative estimate of drug-likeness (QED) is 0.339. The summed E-state index contributed by atoms with van der Waals surface area (Å²) in [5, 5.41) is 10.3. The molecule has 1 aromatic carbocycles. The number of ether oxygens (including phenoxy) is 1. The first-order valence-corrected chi connectivity index (χ1v) is 12.6. The standard InChI is InChI=1S/C26H45FN2O2/c1-2-3-4-5-6-7-8-9-10-11-20-31-23-26(30)22-29-18-16-28(17-19-29)21-24-12-14-25(27)15-13-24/h12-15,26,30H,2-11,16-23H2,1H3. The van der Waals surface area contributed by atoms with Crippen LogP contribution in [0.25, 0.3) is 0 Å². The molecular formula is C26H45FN2O2. The Balaban J connectivity index is 1.40. The van der Waals surface area contributed by atoms with Crippen molar-refractivity contribution in [2.75, 3.05) is 45.9 Å². The van der Waals surface area contributed by atoms with Gasteiger partial charge in [0.2, 0.25) is 0 Å². The average Bonchev–Trinajstić information content (AvgIpc) is 2.77. The zero-order chi connectivity index (χ0) is 22.2. The Labute approximate surface area is 189 Å². The minimum absolute atomic E-state index is 0.182. The summed E-state index contributed by atoms with van der Waals surface area (Å²) in [5.74, 6) is -0.182. The highest BCUT2D eigenvalue weighted by atomic mass is 19.1. The summed E-state index contributed by atoms with van der Waals surface area (Å²) in [7, 11) is 0. The molecule has 178 valence electrons. The Kier molecular flexibility index (Phi) is 14.1. The topological polar surface area (TPSA) is 35.9 Å². The fraction of sp³-hybridized carbons (Fsp3) is 0.769. The molecule has 1 aromatic rings. The van der Waals surface area contributed by atoms with Crippen LogP contribution in [0.5, 0.6) is 0 Å². The molecule has 0 spiro atoms. The van der Waals surface area contributed by atoms with E-state index in [1.165, 1.54) is 69.9 Å². The lowest BCUT2D eigenvalue weighted by Crippen LogP contribution is -2.48. The smallest absolute Gasteiger partial charge is 0.123 e. The van der Waals surface area contributed by atoms with Crippen LogP contribution >= 0.6 is 0 Å². The Morgan fingerprint density at radius 3 is 2.00 bits per heavy atom. The van der Waals surface area contributed by atoms with Gasteiger partial charge in [-0.15, -0.1) is 0 Å². The number of halogens is 1. The van der Waals surface area contributed by atoms with Crippen LogP contribution in [0, 0.1) is 5.82 Å². The first-order chi connectivity index (χ1) is 15.2. The summed E-state index contributed by atoms with van der Waals surface area (Å²) in [4.78, 5) is 4.70. The van der Waals surface area contributed by atoms with Gasteiger partial charge in [0, 0.05) is 45.9 Å². The molecule has 0 aliphatic carbocycles. The molecule has 1 saturated heterocycles. The van der Waals surface area contributed by atoms with Crippen molar-refractivity contribution >= 4 is 0 Å². The van der Waals surface area contributed by atoms with E-state index in [1.54, 1.807) is 0 Å². The van der Waals surface area contributed by atoms with Crippen LogP contribution in [0.2, 0.25) is 0 Å². The third kappa shape index (κ3) is 12.6. The molecule has 1 aliphatic heterocycles. The van der Waals surface area contributed by atoms with Gasteiger partial charge in [-0.05, 0) is 24.1 Å². The van der Waals surface area contributed by atoms with Crippen molar-refractivity contribution in [2.45, 2.75) is 83.8 Å². The third-order valence-corrected chi connectivity index (χ3v) is 6.21. The van der Waals surface area contributed by atoms with E-state index in [-0.39, 0.29) is 5.82 Å². The summed E-state index contributed by atoms with van der Waals surface area (Å²) in [6.07, 6.45) is 12.9. The van der Waals surface area contributed by atoms with Crippen LogP contribution in [0.3, 0.4) is 0 Å². The molecule has 1 heterocycles. The van der Waals surface area contributed by atoms with E-state index in [4.69, 9.17) is 4.74 Å². The molecule has 1 fully saturated rings. The summed E-state index contributed by atoms with van der Waals surface area (Å²) in [6.45, 7) is 8.87. The van der Waals surface area contributed by atoms with E-state index >= 15 is 0 Å². The molecule has 31 heavy (non-hydrogen) atoms. The zero-order valence-corrected chi connectivity index (χ0v) is 19.7. The normalized spacial score (nSPS) is 16.6. The average molecular weight is 437 g/mol. The second-order valence-corrected chi connectivity index (χ2v) is 9.11. The number of rotatable bonds is 17. The van der Waals surface area contributed by atoms with Crippen molar-refractivity contribution in [3.8, 4) is 0 Å². The van der Waals surface area contributed by atoms with E-state index in [1.807, 2.05) is 12.1 Å². The highest BCUT2D eigenvalue weighted by Gasteiger charge is 2.19. The maximum atomic E-state index is 13.0. The molecular weight excluding hydrogens is 391 g/mol.